The normalized spacial score (nSPS) is 27.6. The van der Waals surface area contributed by atoms with Gasteiger partial charge in [0.05, 0.1) is 6.61 Å². The molecule has 0 aliphatic carbocycles. The highest BCUT2D eigenvalue weighted by Gasteiger charge is 2.21. The number of hydrogen-bond donors (Lipinski definition) is 1. The number of benzene rings is 1. The predicted molar refractivity (Wildman–Crippen MR) is 86.3 cm³/mol. The monoisotopic (exact) mass is 288 g/mol. The van der Waals surface area contributed by atoms with E-state index in [-0.39, 0.29) is 0 Å². The minimum absolute atomic E-state index is 0.657. The van der Waals surface area contributed by atoms with Crippen molar-refractivity contribution in [1.29, 1.82) is 0 Å². The molecule has 3 nitrogen and oxygen atoms in total. The molecule has 2 fully saturated rings. The van der Waals surface area contributed by atoms with E-state index in [1.165, 1.54) is 44.3 Å². The van der Waals surface area contributed by atoms with Crippen molar-refractivity contribution in [3.63, 3.8) is 0 Å². The van der Waals surface area contributed by atoms with Crippen molar-refractivity contribution in [2.24, 2.45) is 5.92 Å². The lowest BCUT2D eigenvalue weighted by molar-refractivity contribution is 0.0520. The van der Waals surface area contributed by atoms with Crippen LogP contribution in [-0.2, 0) is 11.3 Å². The molecule has 3 rings (SSSR count). The van der Waals surface area contributed by atoms with Gasteiger partial charge in [-0.1, -0.05) is 30.3 Å². The van der Waals surface area contributed by atoms with E-state index in [0.29, 0.717) is 6.04 Å². The molecular weight excluding hydrogens is 260 g/mol. The van der Waals surface area contributed by atoms with Crippen LogP contribution in [0.5, 0.6) is 0 Å². The molecule has 3 heteroatoms. The average molecular weight is 288 g/mol. The smallest absolute Gasteiger partial charge is 0.0506 e. The van der Waals surface area contributed by atoms with E-state index in [1.807, 2.05) is 0 Å². The average Bonchev–Trinajstić information content (AvgIpc) is 2.55. The molecule has 1 aromatic carbocycles. The van der Waals surface area contributed by atoms with Gasteiger partial charge in [-0.25, -0.2) is 0 Å². The Kier molecular flexibility index (Phi) is 5.67. The highest BCUT2D eigenvalue weighted by molar-refractivity contribution is 5.14. The number of piperidine rings is 1. The zero-order valence-corrected chi connectivity index (χ0v) is 13.0. The first kappa shape index (κ1) is 15.0. The first-order valence-electron chi connectivity index (χ1n) is 8.47. The van der Waals surface area contributed by atoms with Gasteiger partial charge in [0.25, 0.3) is 0 Å². The lowest BCUT2D eigenvalue weighted by atomic mass is 10.00. The van der Waals surface area contributed by atoms with Crippen LogP contribution in [-0.4, -0.2) is 43.8 Å². The van der Waals surface area contributed by atoms with Gasteiger partial charge in [-0.3, -0.25) is 4.90 Å². The van der Waals surface area contributed by atoms with E-state index < -0.39 is 0 Å². The number of hydrogen-bond acceptors (Lipinski definition) is 3. The van der Waals surface area contributed by atoms with Crippen LogP contribution in [0.2, 0.25) is 0 Å². The summed E-state index contributed by atoms with van der Waals surface area (Å²) in [5, 5.41) is 3.79. The Hall–Kier alpha value is -0.900. The zero-order chi connectivity index (χ0) is 14.3. The van der Waals surface area contributed by atoms with Crippen molar-refractivity contribution >= 4 is 0 Å². The Bertz CT molecular complexity index is 403. The van der Waals surface area contributed by atoms with Gasteiger partial charge in [0.15, 0.2) is 0 Å². The molecule has 0 bridgehead atoms. The van der Waals surface area contributed by atoms with Crippen molar-refractivity contribution in [2.45, 2.75) is 38.3 Å². The molecular formula is C18H28N2O. The molecule has 2 unspecified atom stereocenters. The molecule has 2 atom stereocenters. The van der Waals surface area contributed by atoms with E-state index in [9.17, 15) is 0 Å². The Balaban J connectivity index is 1.42. The number of rotatable bonds is 5. The van der Waals surface area contributed by atoms with Gasteiger partial charge in [-0.15, -0.1) is 0 Å². The van der Waals surface area contributed by atoms with Gasteiger partial charge in [0.1, 0.15) is 0 Å². The second kappa shape index (κ2) is 7.92. The van der Waals surface area contributed by atoms with Crippen LogP contribution >= 0.6 is 0 Å². The number of ether oxygens (including phenoxy) is 1. The van der Waals surface area contributed by atoms with Gasteiger partial charge in [-0.2, -0.15) is 0 Å². The highest BCUT2D eigenvalue weighted by Crippen LogP contribution is 2.16. The molecule has 0 aromatic heterocycles. The topological polar surface area (TPSA) is 24.5 Å². The predicted octanol–water partition coefficient (Wildman–Crippen LogP) is 2.67. The number of nitrogens with zero attached hydrogens (tertiary/aromatic N) is 1. The summed E-state index contributed by atoms with van der Waals surface area (Å²) in [4.78, 5) is 2.59. The fourth-order valence-electron chi connectivity index (χ4n) is 3.51. The fourth-order valence-corrected chi connectivity index (χ4v) is 3.51. The third-order valence-electron chi connectivity index (χ3n) is 4.70. The van der Waals surface area contributed by atoms with Crippen molar-refractivity contribution in [2.75, 3.05) is 32.8 Å². The number of likely N-dealkylation sites (tertiary alicyclic amines) is 1. The second-order valence-electron chi connectivity index (χ2n) is 6.55. The van der Waals surface area contributed by atoms with Crippen LogP contribution in [0.15, 0.2) is 30.3 Å². The third kappa shape index (κ3) is 4.80. The van der Waals surface area contributed by atoms with E-state index in [2.05, 4.69) is 40.5 Å². The Morgan fingerprint density at radius 2 is 2.05 bits per heavy atom. The summed E-state index contributed by atoms with van der Waals surface area (Å²) in [5.41, 5.74) is 1.43. The maximum Gasteiger partial charge on any atom is 0.0506 e. The Morgan fingerprint density at radius 1 is 1.14 bits per heavy atom. The number of nitrogens with one attached hydrogen (secondary N) is 1. The van der Waals surface area contributed by atoms with Crippen molar-refractivity contribution in [1.82, 2.24) is 10.2 Å². The summed E-state index contributed by atoms with van der Waals surface area (Å²) in [7, 11) is 0. The quantitative estimate of drug-likeness (QED) is 0.901. The molecule has 2 aliphatic heterocycles. The SMILES string of the molecule is c1ccc(CN2CCCC(NCC3CCCOC3)C2)cc1. The molecule has 1 aromatic rings. The molecule has 0 amide bonds. The summed E-state index contributed by atoms with van der Waals surface area (Å²) in [6.45, 7) is 6.55. The molecule has 116 valence electrons. The molecule has 21 heavy (non-hydrogen) atoms. The van der Waals surface area contributed by atoms with Gasteiger partial charge >= 0.3 is 0 Å². The lowest BCUT2D eigenvalue weighted by Gasteiger charge is -2.34. The third-order valence-corrected chi connectivity index (χ3v) is 4.70. The van der Waals surface area contributed by atoms with Crippen molar-refractivity contribution in [3.05, 3.63) is 35.9 Å². The Morgan fingerprint density at radius 3 is 2.86 bits per heavy atom. The van der Waals surface area contributed by atoms with Crippen LogP contribution in [0, 0.1) is 5.92 Å². The van der Waals surface area contributed by atoms with Gasteiger partial charge in [0.2, 0.25) is 0 Å². The summed E-state index contributed by atoms with van der Waals surface area (Å²) in [6.07, 6.45) is 5.19. The van der Waals surface area contributed by atoms with Gasteiger partial charge < -0.3 is 10.1 Å². The van der Waals surface area contributed by atoms with Crippen LogP contribution in [0.3, 0.4) is 0 Å². The molecule has 0 saturated carbocycles. The minimum Gasteiger partial charge on any atom is -0.381 e. The van der Waals surface area contributed by atoms with Crippen LogP contribution < -0.4 is 5.32 Å². The van der Waals surface area contributed by atoms with Crippen LogP contribution in [0.1, 0.15) is 31.2 Å². The van der Waals surface area contributed by atoms with E-state index >= 15 is 0 Å². The largest absolute Gasteiger partial charge is 0.381 e. The fraction of sp³-hybridized carbons (Fsp3) is 0.667. The zero-order valence-electron chi connectivity index (χ0n) is 13.0. The maximum atomic E-state index is 5.57. The molecule has 0 spiro atoms. The highest BCUT2D eigenvalue weighted by atomic mass is 16.5. The van der Waals surface area contributed by atoms with E-state index in [0.717, 1.165) is 32.2 Å². The van der Waals surface area contributed by atoms with Crippen molar-refractivity contribution in [3.8, 4) is 0 Å². The van der Waals surface area contributed by atoms with Gasteiger partial charge in [-0.05, 0) is 43.7 Å². The maximum absolute atomic E-state index is 5.57. The summed E-state index contributed by atoms with van der Waals surface area (Å²) >= 11 is 0. The van der Waals surface area contributed by atoms with E-state index in [1.54, 1.807) is 0 Å². The molecule has 2 heterocycles. The van der Waals surface area contributed by atoms with Crippen LogP contribution in [0.4, 0.5) is 0 Å². The summed E-state index contributed by atoms with van der Waals surface area (Å²) in [6, 6.07) is 11.5. The molecule has 2 aliphatic rings. The molecule has 1 N–H and O–H groups in total. The standard InChI is InChI=1S/C18H28N2O/c1-2-6-16(7-3-1)13-20-10-4-9-18(14-20)19-12-17-8-5-11-21-15-17/h1-3,6-7,17-19H,4-5,8-15H2. The molecule has 0 radical (unpaired) electrons. The summed E-state index contributed by atoms with van der Waals surface area (Å²) in [5.74, 6) is 0.725. The van der Waals surface area contributed by atoms with Crippen molar-refractivity contribution < 1.29 is 4.74 Å². The van der Waals surface area contributed by atoms with E-state index in [4.69, 9.17) is 4.74 Å². The Labute approximate surface area is 128 Å². The second-order valence-corrected chi connectivity index (χ2v) is 6.55. The lowest BCUT2D eigenvalue weighted by Crippen LogP contribution is -2.47. The first-order valence-corrected chi connectivity index (χ1v) is 8.47. The summed E-state index contributed by atoms with van der Waals surface area (Å²) < 4.78 is 5.57. The minimum atomic E-state index is 0.657. The first-order chi connectivity index (χ1) is 10.4. The van der Waals surface area contributed by atoms with Crippen LogP contribution in [0.25, 0.3) is 0 Å². The molecule has 2 saturated heterocycles. The van der Waals surface area contributed by atoms with Gasteiger partial charge in [0, 0.05) is 32.3 Å².